The number of methoxy groups -OCH3 is 1. The van der Waals surface area contributed by atoms with Gasteiger partial charge < -0.3 is 18.9 Å². The number of nitrogens with zero attached hydrogens (tertiary/aromatic N) is 1. The predicted molar refractivity (Wildman–Crippen MR) is 133 cm³/mol. The van der Waals surface area contributed by atoms with Crippen LogP contribution >= 0.6 is 0 Å². The number of ether oxygens (including phenoxy) is 4. The van der Waals surface area contributed by atoms with Crippen LogP contribution in [-0.4, -0.2) is 43.4 Å². The molecule has 0 fully saturated rings. The van der Waals surface area contributed by atoms with Gasteiger partial charge in [0.1, 0.15) is 24.7 Å². The Balaban J connectivity index is 1.93. The fraction of sp³-hybridized carbons (Fsp3) is 0.321. The summed E-state index contributed by atoms with van der Waals surface area (Å²) in [5, 5.41) is 0. The first kappa shape index (κ1) is 28.5. The minimum atomic E-state index is -4.51. The van der Waals surface area contributed by atoms with Crippen molar-refractivity contribution in [3.8, 4) is 22.6 Å². The fourth-order valence-corrected chi connectivity index (χ4v) is 3.87. The lowest BCUT2D eigenvalue weighted by Gasteiger charge is -2.20. The van der Waals surface area contributed by atoms with E-state index in [0.29, 0.717) is 22.7 Å². The third-order valence-electron chi connectivity index (χ3n) is 5.43. The molecule has 0 unspecified atom stereocenters. The molecule has 7 nitrogen and oxygen atoms in total. The summed E-state index contributed by atoms with van der Waals surface area (Å²) in [6, 6.07) is 11.3. The number of para-hydroxylation sites is 1. The molecule has 202 valence electrons. The number of carbonyl (C=O) groups is 2. The first-order valence-electron chi connectivity index (χ1n) is 11.8. The van der Waals surface area contributed by atoms with E-state index in [9.17, 15) is 22.8 Å². The molecule has 38 heavy (non-hydrogen) atoms. The molecule has 1 aromatic heterocycles. The van der Waals surface area contributed by atoms with E-state index in [0.717, 1.165) is 12.1 Å². The summed E-state index contributed by atoms with van der Waals surface area (Å²) in [5.74, 6) is -1.05. The Labute approximate surface area is 218 Å². The minimum absolute atomic E-state index is 0.0162. The second kappa shape index (κ2) is 12.0. The Morgan fingerprint density at radius 3 is 2.21 bits per heavy atom. The van der Waals surface area contributed by atoms with Crippen LogP contribution in [0.5, 0.6) is 11.5 Å². The molecule has 3 aromatic rings. The van der Waals surface area contributed by atoms with E-state index in [-0.39, 0.29) is 35.7 Å². The summed E-state index contributed by atoms with van der Waals surface area (Å²) < 4.78 is 60.5. The van der Waals surface area contributed by atoms with E-state index < -0.39 is 29.8 Å². The summed E-state index contributed by atoms with van der Waals surface area (Å²) in [5.41, 5.74) is 0.673. The van der Waals surface area contributed by atoms with Gasteiger partial charge in [0.25, 0.3) is 0 Å². The molecule has 0 atom stereocenters. The first-order chi connectivity index (χ1) is 17.9. The molecule has 0 N–H and O–H groups in total. The van der Waals surface area contributed by atoms with Crippen molar-refractivity contribution in [3.63, 3.8) is 0 Å². The maximum absolute atomic E-state index is 13.3. The maximum Gasteiger partial charge on any atom is 0.416 e. The number of aryl methyl sites for hydroxylation is 2. The zero-order chi connectivity index (χ0) is 28.0. The highest BCUT2D eigenvalue weighted by Gasteiger charge is 2.31. The van der Waals surface area contributed by atoms with Gasteiger partial charge in [-0.05, 0) is 52.0 Å². The topological polar surface area (TPSA) is 84.0 Å². The Morgan fingerprint density at radius 2 is 1.58 bits per heavy atom. The van der Waals surface area contributed by atoms with Gasteiger partial charge in [0.15, 0.2) is 0 Å². The SMILES string of the molecule is COc1ccccc1-c1c(C(=O)OCCOc2cccc(C(F)(F)F)c2)c(C)nc(C)c1C(=O)OC(C)C. The van der Waals surface area contributed by atoms with Gasteiger partial charge >= 0.3 is 18.1 Å². The van der Waals surface area contributed by atoms with Crippen LogP contribution in [0.2, 0.25) is 0 Å². The normalized spacial score (nSPS) is 11.3. The monoisotopic (exact) mass is 531 g/mol. The predicted octanol–water partition coefficient (Wildman–Crippen LogP) is 6.19. The van der Waals surface area contributed by atoms with E-state index in [1.54, 1.807) is 52.0 Å². The summed E-state index contributed by atoms with van der Waals surface area (Å²) >= 11 is 0. The van der Waals surface area contributed by atoms with Crippen LogP contribution in [0.1, 0.15) is 51.5 Å². The summed E-state index contributed by atoms with van der Waals surface area (Å²) in [4.78, 5) is 30.8. The van der Waals surface area contributed by atoms with Gasteiger partial charge in [-0.2, -0.15) is 13.2 Å². The number of hydrogen-bond donors (Lipinski definition) is 0. The minimum Gasteiger partial charge on any atom is -0.496 e. The molecule has 3 rings (SSSR count). The van der Waals surface area contributed by atoms with Crippen LogP contribution in [-0.2, 0) is 15.7 Å². The van der Waals surface area contributed by atoms with E-state index in [1.165, 1.54) is 19.2 Å². The quantitative estimate of drug-likeness (QED) is 0.240. The lowest BCUT2D eigenvalue weighted by Crippen LogP contribution is -2.20. The number of benzene rings is 2. The molecule has 0 amide bonds. The summed E-state index contributed by atoms with van der Waals surface area (Å²) in [6.07, 6.45) is -4.93. The van der Waals surface area contributed by atoms with E-state index in [4.69, 9.17) is 18.9 Å². The van der Waals surface area contributed by atoms with Gasteiger partial charge in [0.05, 0.1) is 41.3 Å². The zero-order valence-corrected chi connectivity index (χ0v) is 21.6. The molecule has 0 saturated heterocycles. The third kappa shape index (κ3) is 6.62. The smallest absolute Gasteiger partial charge is 0.416 e. The van der Waals surface area contributed by atoms with Crippen molar-refractivity contribution in [3.05, 3.63) is 76.6 Å². The summed E-state index contributed by atoms with van der Waals surface area (Å²) in [6.45, 7) is 6.20. The lowest BCUT2D eigenvalue weighted by molar-refractivity contribution is -0.137. The Morgan fingerprint density at radius 1 is 0.921 bits per heavy atom. The molecule has 2 aromatic carbocycles. The van der Waals surface area contributed by atoms with Crippen LogP contribution in [0.4, 0.5) is 13.2 Å². The Bertz CT molecular complexity index is 1320. The number of rotatable bonds is 9. The van der Waals surface area contributed by atoms with Crippen molar-refractivity contribution in [1.29, 1.82) is 0 Å². The average Bonchev–Trinajstić information content (AvgIpc) is 2.85. The first-order valence-corrected chi connectivity index (χ1v) is 11.8. The van der Waals surface area contributed by atoms with Crippen LogP contribution in [0, 0.1) is 13.8 Å². The largest absolute Gasteiger partial charge is 0.496 e. The molecule has 1 heterocycles. The van der Waals surface area contributed by atoms with Gasteiger partial charge in [0.2, 0.25) is 0 Å². The van der Waals surface area contributed by atoms with Gasteiger partial charge in [-0.1, -0.05) is 24.3 Å². The highest BCUT2D eigenvalue weighted by Crippen LogP contribution is 2.38. The lowest BCUT2D eigenvalue weighted by atomic mass is 9.92. The molecule has 0 bridgehead atoms. The zero-order valence-electron chi connectivity index (χ0n) is 21.6. The summed E-state index contributed by atoms with van der Waals surface area (Å²) in [7, 11) is 1.47. The second-order valence-electron chi connectivity index (χ2n) is 8.57. The van der Waals surface area contributed by atoms with Gasteiger partial charge in [0, 0.05) is 11.1 Å². The van der Waals surface area contributed by atoms with E-state index >= 15 is 0 Å². The van der Waals surface area contributed by atoms with Crippen molar-refractivity contribution >= 4 is 11.9 Å². The number of hydrogen-bond acceptors (Lipinski definition) is 7. The molecular weight excluding hydrogens is 503 g/mol. The molecule has 10 heteroatoms. The van der Waals surface area contributed by atoms with Crippen LogP contribution < -0.4 is 9.47 Å². The van der Waals surface area contributed by atoms with Crippen LogP contribution in [0.15, 0.2) is 48.5 Å². The van der Waals surface area contributed by atoms with Crippen LogP contribution in [0.25, 0.3) is 11.1 Å². The molecule has 0 aliphatic rings. The van der Waals surface area contributed by atoms with Gasteiger partial charge in [-0.25, -0.2) is 9.59 Å². The van der Waals surface area contributed by atoms with Crippen molar-refractivity contribution in [2.75, 3.05) is 20.3 Å². The van der Waals surface area contributed by atoms with Gasteiger partial charge in [-0.3, -0.25) is 4.98 Å². The Kier molecular flexibility index (Phi) is 8.98. The molecule has 0 spiro atoms. The number of alkyl halides is 3. The Hall–Kier alpha value is -4.08. The van der Waals surface area contributed by atoms with Crippen molar-refractivity contribution in [2.45, 2.75) is 40.0 Å². The fourth-order valence-electron chi connectivity index (χ4n) is 3.87. The van der Waals surface area contributed by atoms with E-state index in [1.807, 2.05) is 0 Å². The third-order valence-corrected chi connectivity index (χ3v) is 5.43. The van der Waals surface area contributed by atoms with Crippen LogP contribution in [0.3, 0.4) is 0 Å². The second-order valence-corrected chi connectivity index (χ2v) is 8.57. The van der Waals surface area contributed by atoms with E-state index in [2.05, 4.69) is 4.98 Å². The number of esters is 2. The molecule has 0 aliphatic carbocycles. The van der Waals surface area contributed by atoms with Crippen molar-refractivity contribution in [2.24, 2.45) is 0 Å². The molecule has 0 saturated carbocycles. The van der Waals surface area contributed by atoms with Crippen molar-refractivity contribution < 1.29 is 41.7 Å². The molecule has 0 aliphatic heterocycles. The highest BCUT2D eigenvalue weighted by molar-refractivity contribution is 6.08. The number of aromatic nitrogens is 1. The molecule has 0 radical (unpaired) electrons. The highest BCUT2D eigenvalue weighted by atomic mass is 19.4. The number of pyridine rings is 1. The number of carbonyl (C=O) groups excluding carboxylic acids is 2. The number of halogens is 3. The average molecular weight is 532 g/mol. The van der Waals surface area contributed by atoms with Crippen molar-refractivity contribution in [1.82, 2.24) is 4.98 Å². The maximum atomic E-state index is 13.3. The molecular formula is C28H28F3NO6. The van der Waals surface area contributed by atoms with Gasteiger partial charge in [-0.15, -0.1) is 0 Å². The standard InChI is InChI=1S/C28H28F3NO6/c1-16(2)38-27(34)24-18(4)32-17(3)23(25(24)21-11-6-7-12-22(21)35-5)26(33)37-14-13-36-20-10-8-9-19(15-20)28(29,30)31/h6-12,15-16H,13-14H2,1-5H3.